The van der Waals surface area contributed by atoms with Crippen LogP contribution in [0.15, 0.2) is 28.8 Å². The van der Waals surface area contributed by atoms with E-state index in [2.05, 4.69) is 15.5 Å². The smallest absolute Gasteiger partial charge is 0.228 e. The van der Waals surface area contributed by atoms with Crippen LogP contribution in [0.4, 0.5) is 0 Å². The van der Waals surface area contributed by atoms with Gasteiger partial charge >= 0.3 is 0 Å². The van der Waals surface area contributed by atoms with Crippen molar-refractivity contribution >= 4 is 17.5 Å². The molecule has 2 aromatic rings. The van der Waals surface area contributed by atoms with Crippen molar-refractivity contribution in [3.8, 4) is 11.4 Å². The first-order chi connectivity index (χ1) is 10.0. The molecule has 1 heterocycles. The molecule has 1 N–H and O–H groups in total. The summed E-state index contributed by atoms with van der Waals surface area (Å²) in [5, 5.41) is 7.42. The number of halogens is 1. The van der Waals surface area contributed by atoms with Gasteiger partial charge in [0.05, 0.1) is 0 Å². The van der Waals surface area contributed by atoms with Crippen LogP contribution in [0.1, 0.15) is 26.2 Å². The standard InChI is InChI=1S/C15H18ClN3O2/c1-10(2)9-13(20)17-8-7-14-18-15(19-21-14)11-3-5-12(16)6-4-11/h3-6,10H,7-9H2,1-2H3,(H,17,20). The number of carbonyl (C=O) groups is 1. The Bertz CT molecular complexity index is 593. The van der Waals surface area contributed by atoms with Crippen molar-refractivity contribution in [2.24, 2.45) is 5.92 Å². The SMILES string of the molecule is CC(C)CC(=O)NCCc1nc(-c2ccc(Cl)cc2)no1. The summed E-state index contributed by atoms with van der Waals surface area (Å²) in [6, 6.07) is 7.22. The van der Waals surface area contributed by atoms with Gasteiger partial charge in [-0.2, -0.15) is 4.98 Å². The van der Waals surface area contributed by atoms with Crippen molar-refractivity contribution in [3.63, 3.8) is 0 Å². The number of nitrogens with zero attached hydrogens (tertiary/aromatic N) is 2. The molecule has 0 spiro atoms. The number of hydrogen-bond donors (Lipinski definition) is 1. The van der Waals surface area contributed by atoms with Crippen molar-refractivity contribution in [2.45, 2.75) is 26.7 Å². The highest BCUT2D eigenvalue weighted by Gasteiger charge is 2.09. The lowest BCUT2D eigenvalue weighted by Gasteiger charge is -2.05. The zero-order valence-electron chi connectivity index (χ0n) is 12.1. The third kappa shape index (κ3) is 4.86. The molecular weight excluding hydrogens is 290 g/mol. The van der Waals surface area contributed by atoms with Crippen LogP contribution in [0.2, 0.25) is 5.02 Å². The predicted octanol–water partition coefficient (Wildman–Crippen LogP) is 3.09. The van der Waals surface area contributed by atoms with Crippen LogP contribution in [0.5, 0.6) is 0 Å². The van der Waals surface area contributed by atoms with E-state index in [1.54, 1.807) is 12.1 Å². The summed E-state index contributed by atoms with van der Waals surface area (Å²) in [5.41, 5.74) is 0.846. The first-order valence-electron chi connectivity index (χ1n) is 6.90. The van der Waals surface area contributed by atoms with Gasteiger partial charge in [-0.05, 0) is 30.2 Å². The maximum Gasteiger partial charge on any atom is 0.228 e. The highest BCUT2D eigenvalue weighted by Crippen LogP contribution is 2.18. The summed E-state index contributed by atoms with van der Waals surface area (Å²) in [6.07, 6.45) is 1.05. The number of benzene rings is 1. The summed E-state index contributed by atoms with van der Waals surface area (Å²) < 4.78 is 5.17. The third-order valence-corrected chi connectivity index (χ3v) is 3.08. The normalized spacial score (nSPS) is 10.9. The fraction of sp³-hybridized carbons (Fsp3) is 0.400. The first-order valence-corrected chi connectivity index (χ1v) is 7.27. The molecule has 6 heteroatoms. The molecule has 0 fully saturated rings. The topological polar surface area (TPSA) is 68.0 Å². The minimum atomic E-state index is 0.0439. The predicted molar refractivity (Wildman–Crippen MR) is 80.9 cm³/mol. The van der Waals surface area contributed by atoms with E-state index in [0.29, 0.717) is 42.0 Å². The minimum Gasteiger partial charge on any atom is -0.356 e. The maximum absolute atomic E-state index is 11.5. The van der Waals surface area contributed by atoms with E-state index in [1.165, 1.54) is 0 Å². The van der Waals surface area contributed by atoms with Gasteiger partial charge in [-0.1, -0.05) is 30.6 Å². The summed E-state index contributed by atoms with van der Waals surface area (Å²) in [6.45, 7) is 4.51. The van der Waals surface area contributed by atoms with Crippen molar-refractivity contribution in [1.29, 1.82) is 0 Å². The van der Waals surface area contributed by atoms with Crippen LogP contribution < -0.4 is 5.32 Å². The van der Waals surface area contributed by atoms with E-state index in [1.807, 2.05) is 26.0 Å². The molecule has 0 aliphatic carbocycles. The molecule has 1 amide bonds. The fourth-order valence-electron chi connectivity index (χ4n) is 1.82. The number of aromatic nitrogens is 2. The molecule has 2 rings (SSSR count). The molecule has 0 radical (unpaired) electrons. The lowest BCUT2D eigenvalue weighted by atomic mass is 10.1. The Labute approximate surface area is 128 Å². The number of nitrogens with one attached hydrogen (secondary N) is 1. The monoisotopic (exact) mass is 307 g/mol. The van der Waals surface area contributed by atoms with Crippen molar-refractivity contribution in [3.05, 3.63) is 35.2 Å². The average Bonchev–Trinajstić information content (AvgIpc) is 2.87. The van der Waals surface area contributed by atoms with E-state index < -0.39 is 0 Å². The van der Waals surface area contributed by atoms with Gasteiger partial charge in [0, 0.05) is 30.0 Å². The van der Waals surface area contributed by atoms with Gasteiger partial charge in [-0.15, -0.1) is 0 Å². The van der Waals surface area contributed by atoms with Gasteiger partial charge in [0.1, 0.15) is 0 Å². The Hall–Kier alpha value is -1.88. The van der Waals surface area contributed by atoms with E-state index in [9.17, 15) is 4.79 Å². The van der Waals surface area contributed by atoms with Gasteiger partial charge < -0.3 is 9.84 Å². The third-order valence-electron chi connectivity index (χ3n) is 2.83. The van der Waals surface area contributed by atoms with Gasteiger partial charge in [0.2, 0.25) is 17.6 Å². The molecule has 0 bridgehead atoms. The van der Waals surface area contributed by atoms with E-state index in [-0.39, 0.29) is 5.91 Å². The van der Waals surface area contributed by atoms with Crippen LogP contribution in [0.25, 0.3) is 11.4 Å². The van der Waals surface area contributed by atoms with Gasteiger partial charge in [0.25, 0.3) is 0 Å². The van der Waals surface area contributed by atoms with Crippen LogP contribution in [-0.4, -0.2) is 22.6 Å². The van der Waals surface area contributed by atoms with Gasteiger partial charge in [0.15, 0.2) is 0 Å². The van der Waals surface area contributed by atoms with Crippen LogP contribution in [0.3, 0.4) is 0 Å². The van der Waals surface area contributed by atoms with E-state index in [4.69, 9.17) is 16.1 Å². The van der Waals surface area contributed by atoms with Crippen LogP contribution in [0, 0.1) is 5.92 Å². The number of rotatable bonds is 6. The Balaban J connectivity index is 1.86. The molecule has 0 unspecified atom stereocenters. The zero-order valence-corrected chi connectivity index (χ0v) is 12.9. The lowest BCUT2D eigenvalue weighted by Crippen LogP contribution is -2.26. The molecule has 0 atom stereocenters. The molecule has 21 heavy (non-hydrogen) atoms. The number of amides is 1. The second-order valence-electron chi connectivity index (χ2n) is 5.22. The Kier molecular flexibility index (Phi) is 5.33. The molecule has 0 aliphatic rings. The van der Waals surface area contributed by atoms with E-state index in [0.717, 1.165) is 5.56 Å². The molecule has 0 aliphatic heterocycles. The second-order valence-corrected chi connectivity index (χ2v) is 5.65. The van der Waals surface area contributed by atoms with Crippen molar-refractivity contribution in [1.82, 2.24) is 15.5 Å². The molecule has 0 saturated heterocycles. The highest BCUT2D eigenvalue weighted by atomic mass is 35.5. The lowest BCUT2D eigenvalue weighted by molar-refractivity contribution is -0.121. The Morgan fingerprint density at radius 1 is 1.33 bits per heavy atom. The fourth-order valence-corrected chi connectivity index (χ4v) is 1.95. The summed E-state index contributed by atoms with van der Waals surface area (Å²) in [7, 11) is 0. The minimum absolute atomic E-state index is 0.0439. The molecule has 1 aromatic carbocycles. The number of carbonyl (C=O) groups excluding carboxylic acids is 1. The Morgan fingerprint density at radius 2 is 2.05 bits per heavy atom. The molecular formula is C15H18ClN3O2. The molecule has 1 aromatic heterocycles. The van der Waals surface area contributed by atoms with Gasteiger partial charge in [-0.25, -0.2) is 0 Å². The summed E-state index contributed by atoms with van der Waals surface area (Å²) in [4.78, 5) is 15.8. The largest absolute Gasteiger partial charge is 0.356 e. The molecule has 0 saturated carbocycles. The summed E-state index contributed by atoms with van der Waals surface area (Å²) >= 11 is 5.83. The molecule has 112 valence electrons. The van der Waals surface area contributed by atoms with Crippen LogP contribution in [-0.2, 0) is 11.2 Å². The quantitative estimate of drug-likeness (QED) is 0.890. The molecule has 5 nitrogen and oxygen atoms in total. The summed E-state index contributed by atoms with van der Waals surface area (Å²) in [5.74, 6) is 1.42. The second kappa shape index (κ2) is 7.22. The highest BCUT2D eigenvalue weighted by molar-refractivity contribution is 6.30. The Morgan fingerprint density at radius 3 is 2.71 bits per heavy atom. The van der Waals surface area contributed by atoms with Crippen molar-refractivity contribution in [2.75, 3.05) is 6.54 Å². The maximum atomic E-state index is 11.5. The van der Waals surface area contributed by atoms with Crippen molar-refractivity contribution < 1.29 is 9.32 Å². The average molecular weight is 308 g/mol. The van der Waals surface area contributed by atoms with E-state index >= 15 is 0 Å². The number of hydrogen-bond acceptors (Lipinski definition) is 4. The van der Waals surface area contributed by atoms with Gasteiger partial charge in [-0.3, -0.25) is 4.79 Å². The van der Waals surface area contributed by atoms with Crippen LogP contribution >= 0.6 is 11.6 Å². The first kappa shape index (κ1) is 15.5. The zero-order chi connectivity index (χ0) is 15.2.